The number of carbonyl (C=O) groups is 1. The first-order valence-corrected chi connectivity index (χ1v) is 12.0. The quantitative estimate of drug-likeness (QED) is 0.259. The molecular formula is C26H25BrClN3O2. The van der Waals surface area contributed by atoms with E-state index in [0.29, 0.717) is 12.2 Å². The summed E-state index contributed by atoms with van der Waals surface area (Å²) in [7, 11) is 0. The van der Waals surface area contributed by atoms with E-state index >= 15 is 0 Å². The van der Waals surface area contributed by atoms with Gasteiger partial charge in [-0.15, -0.1) is 0 Å². The minimum atomic E-state index is -0.260. The number of ether oxygens (including phenoxy) is 1. The lowest BCUT2D eigenvalue weighted by Crippen LogP contribution is -2.28. The van der Waals surface area contributed by atoms with Gasteiger partial charge >= 0.3 is 0 Å². The predicted octanol–water partition coefficient (Wildman–Crippen LogP) is 6.72. The molecule has 0 saturated carbocycles. The van der Waals surface area contributed by atoms with Crippen molar-refractivity contribution in [2.75, 3.05) is 6.61 Å². The van der Waals surface area contributed by atoms with Gasteiger partial charge in [0, 0.05) is 21.6 Å². The number of benzene rings is 3. The summed E-state index contributed by atoms with van der Waals surface area (Å²) in [5, 5.41) is 3.81. The molecule has 0 saturated heterocycles. The van der Waals surface area contributed by atoms with Crippen molar-refractivity contribution in [2.24, 2.45) is 0 Å². The molecule has 0 aliphatic carbocycles. The molecule has 0 radical (unpaired) electrons. The van der Waals surface area contributed by atoms with Crippen LogP contribution in [-0.4, -0.2) is 22.1 Å². The zero-order valence-corrected chi connectivity index (χ0v) is 20.9. The standard InChI is InChI=1S/C26H25BrClN3O2/c1-17-15-21(11-12-22(17)28)33-14-6-13-31-24-10-4-3-9-23(24)30-25(31)18(2)29-26(32)19-7-5-8-20(27)16-19/h3-5,7-12,15-16,18H,6,13-14H2,1-2H3,(H,29,32). The van der Waals surface area contributed by atoms with Crippen molar-refractivity contribution in [3.63, 3.8) is 0 Å². The van der Waals surface area contributed by atoms with E-state index < -0.39 is 0 Å². The minimum Gasteiger partial charge on any atom is -0.494 e. The number of para-hydroxylation sites is 2. The fourth-order valence-electron chi connectivity index (χ4n) is 3.75. The van der Waals surface area contributed by atoms with Crippen LogP contribution >= 0.6 is 27.5 Å². The zero-order chi connectivity index (χ0) is 23.4. The van der Waals surface area contributed by atoms with E-state index in [1.54, 1.807) is 12.1 Å². The number of imidazole rings is 1. The van der Waals surface area contributed by atoms with Gasteiger partial charge in [0.05, 0.1) is 23.7 Å². The Morgan fingerprint density at radius 1 is 1.15 bits per heavy atom. The Balaban J connectivity index is 1.47. The highest BCUT2D eigenvalue weighted by Gasteiger charge is 2.19. The second kappa shape index (κ2) is 10.4. The first-order valence-electron chi connectivity index (χ1n) is 10.8. The molecule has 0 fully saturated rings. The van der Waals surface area contributed by atoms with Crippen LogP contribution in [0.25, 0.3) is 11.0 Å². The minimum absolute atomic E-state index is 0.135. The molecule has 170 valence electrons. The Kier molecular flexibility index (Phi) is 7.36. The summed E-state index contributed by atoms with van der Waals surface area (Å²) < 4.78 is 8.95. The molecule has 7 heteroatoms. The van der Waals surface area contributed by atoms with Crippen molar-refractivity contribution in [2.45, 2.75) is 32.9 Å². The summed E-state index contributed by atoms with van der Waals surface area (Å²) in [6.45, 7) is 5.20. The van der Waals surface area contributed by atoms with Gasteiger partial charge in [0.25, 0.3) is 5.91 Å². The van der Waals surface area contributed by atoms with Crippen molar-refractivity contribution < 1.29 is 9.53 Å². The molecule has 1 aromatic heterocycles. The summed E-state index contributed by atoms with van der Waals surface area (Å²) in [6.07, 6.45) is 0.793. The summed E-state index contributed by atoms with van der Waals surface area (Å²) in [5.41, 5.74) is 3.54. The van der Waals surface area contributed by atoms with E-state index in [2.05, 4.69) is 31.9 Å². The smallest absolute Gasteiger partial charge is 0.251 e. The number of aromatic nitrogens is 2. The Bertz CT molecular complexity index is 1290. The number of aryl methyl sites for hydroxylation is 2. The van der Waals surface area contributed by atoms with Crippen LogP contribution in [-0.2, 0) is 6.54 Å². The van der Waals surface area contributed by atoms with Crippen LogP contribution in [0.15, 0.2) is 71.2 Å². The number of hydrogen-bond donors (Lipinski definition) is 1. The van der Waals surface area contributed by atoms with Gasteiger partial charge in [0.15, 0.2) is 0 Å². The third-order valence-corrected chi connectivity index (χ3v) is 6.35. The number of hydrogen-bond acceptors (Lipinski definition) is 3. The van der Waals surface area contributed by atoms with E-state index in [1.165, 1.54) is 0 Å². The van der Waals surface area contributed by atoms with Crippen LogP contribution in [0.2, 0.25) is 5.02 Å². The SMILES string of the molecule is Cc1cc(OCCCn2c(C(C)NC(=O)c3cccc(Br)c3)nc3ccccc32)ccc1Cl. The summed E-state index contributed by atoms with van der Waals surface area (Å²) in [6, 6.07) is 20.8. The van der Waals surface area contributed by atoms with Crippen LogP contribution in [0.4, 0.5) is 0 Å². The Hall–Kier alpha value is -2.83. The lowest BCUT2D eigenvalue weighted by atomic mass is 10.2. The highest BCUT2D eigenvalue weighted by molar-refractivity contribution is 9.10. The number of carbonyl (C=O) groups excluding carboxylic acids is 1. The second-order valence-electron chi connectivity index (χ2n) is 7.93. The molecule has 0 bridgehead atoms. The van der Waals surface area contributed by atoms with Gasteiger partial charge in [-0.05, 0) is 74.4 Å². The maximum Gasteiger partial charge on any atom is 0.251 e. The lowest BCUT2D eigenvalue weighted by Gasteiger charge is -2.17. The fraction of sp³-hybridized carbons (Fsp3) is 0.231. The number of nitrogens with zero attached hydrogens (tertiary/aromatic N) is 2. The Labute approximate surface area is 206 Å². The van der Waals surface area contributed by atoms with E-state index in [9.17, 15) is 4.79 Å². The molecule has 5 nitrogen and oxygen atoms in total. The topological polar surface area (TPSA) is 56.1 Å². The monoisotopic (exact) mass is 525 g/mol. The normalized spacial score (nSPS) is 12.0. The van der Waals surface area contributed by atoms with Crippen LogP contribution < -0.4 is 10.1 Å². The molecule has 4 aromatic rings. The Morgan fingerprint density at radius 2 is 1.97 bits per heavy atom. The van der Waals surface area contributed by atoms with E-state index in [1.807, 2.05) is 62.4 Å². The number of halogens is 2. The molecule has 0 spiro atoms. The van der Waals surface area contributed by atoms with Gasteiger partial charge < -0.3 is 14.6 Å². The van der Waals surface area contributed by atoms with E-state index in [-0.39, 0.29) is 11.9 Å². The lowest BCUT2D eigenvalue weighted by molar-refractivity contribution is 0.0937. The maximum absolute atomic E-state index is 12.8. The molecule has 1 amide bonds. The third-order valence-electron chi connectivity index (χ3n) is 5.43. The first kappa shape index (κ1) is 23.3. The molecule has 1 unspecified atom stereocenters. The second-order valence-corrected chi connectivity index (χ2v) is 9.25. The largest absolute Gasteiger partial charge is 0.494 e. The summed E-state index contributed by atoms with van der Waals surface area (Å²) in [4.78, 5) is 17.6. The molecule has 0 aliphatic rings. The number of nitrogens with one attached hydrogen (secondary N) is 1. The molecular weight excluding hydrogens is 502 g/mol. The van der Waals surface area contributed by atoms with Gasteiger partial charge in [-0.1, -0.05) is 45.7 Å². The Morgan fingerprint density at radius 3 is 2.76 bits per heavy atom. The van der Waals surface area contributed by atoms with E-state index in [4.69, 9.17) is 21.3 Å². The third kappa shape index (κ3) is 5.57. The molecule has 1 N–H and O–H groups in total. The van der Waals surface area contributed by atoms with Gasteiger partial charge in [0.1, 0.15) is 11.6 Å². The molecule has 3 aromatic carbocycles. The molecule has 0 aliphatic heterocycles. The van der Waals surface area contributed by atoms with Crippen molar-refractivity contribution in [3.05, 3.63) is 93.2 Å². The number of rotatable bonds is 8. The van der Waals surface area contributed by atoms with Crippen LogP contribution in [0, 0.1) is 6.92 Å². The number of amides is 1. The summed E-state index contributed by atoms with van der Waals surface area (Å²) >= 11 is 9.52. The fourth-order valence-corrected chi connectivity index (χ4v) is 4.27. The van der Waals surface area contributed by atoms with Crippen LogP contribution in [0.1, 0.15) is 41.1 Å². The molecule has 33 heavy (non-hydrogen) atoms. The van der Waals surface area contributed by atoms with E-state index in [0.717, 1.165) is 50.6 Å². The molecule has 4 rings (SSSR count). The zero-order valence-electron chi connectivity index (χ0n) is 18.5. The molecule has 1 atom stereocenters. The van der Waals surface area contributed by atoms with Crippen molar-refractivity contribution in [1.82, 2.24) is 14.9 Å². The highest BCUT2D eigenvalue weighted by Crippen LogP contribution is 2.23. The van der Waals surface area contributed by atoms with Crippen molar-refractivity contribution >= 4 is 44.5 Å². The molecule has 1 heterocycles. The average Bonchev–Trinajstić information content (AvgIpc) is 3.18. The van der Waals surface area contributed by atoms with Gasteiger partial charge in [0.2, 0.25) is 0 Å². The van der Waals surface area contributed by atoms with Crippen molar-refractivity contribution in [1.29, 1.82) is 0 Å². The summed E-state index contributed by atoms with van der Waals surface area (Å²) in [5.74, 6) is 1.49. The van der Waals surface area contributed by atoms with Crippen LogP contribution in [0.3, 0.4) is 0 Å². The van der Waals surface area contributed by atoms with Crippen LogP contribution in [0.5, 0.6) is 5.75 Å². The first-order chi connectivity index (χ1) is 15.9. The van der Waals surface area contributed by atoms with Gasteiger partial charge in [-0.25, -0.2) is 4.98 Å². The maximum atomic E-state index is 12.8. The van der Waals surface area contributed by atoms with Gasteiger partial charge in [-0.3, -0.25) is 4.79 Å². The predicted molar refractivity (Wildman–Crippen MR) is 136 cm³/mol. The number of fused-ring (bicyclic) bond motifs is 1. The van der Waals surface area contributed by atoms with Crippen molar-refractivity contribution in [3.8, 4) is 5.75 Å². The average molecular weight is 527 g/mol. The van der Waals surface area contributed by atoms with Gasteiger partial charge in [-0.2, -0.15) is 0 Å². The highest BCUT2D eigenvalue weighted by atomic mass is 79.9.